The van der Waals surface area contributed by atoms with Crippen molar-refractivity contribution in [2.75, 3.05) is 0 Å². The predicted octanol–water partition coefficient (Wildman–Crippen LogP) is 3.58. The number of hydrogen-bond donors (Lipinski definition) is 0. The Labute approximate surface area is 109 Å². The van der Waals surface area contributed by atoms with E-state index in [-0.39, 0.29) is 17.0 Å². The maximum absolute atomic E-state index is 11.7. The third-order valence-electron chi connectivity index (χ3n) is 2.94. The van der Waals surface area contributed by atoms with E-state index >= 15 is 0 Å². The van der Waals surface area contributed by atoms with Crippen LogP contribution >= 0.6 is 0 Å². The van der Waals surface area contributed by atoms with E-state index in [1.165, 1.54) is 0 Å². The van der Waals surface area contributed by atoms with Crippen LogP contribution in [0.25, 0.3) is 0 Å². The molecule has 18 heavy (non-hydrogen) atoms. The highest BCUT2D eigenvalue weighted by Gasteiger charge is 2.20. The quantitative estimate of drug-likeness (QED) is 0.768. The molecule has 0 fully saturated rings. The molecule has 0 saturated heterocycles. The van der Waals surface area contributed by atoms with Gasteiger partial charge in [0, 0.05) is 24.7 Å². The van der Waals surface area contributed by atoms with Crippen molar-refractivity contribution in [3.8, 4) is 0 Å². The highest BCUT2D eigenvalue weighted by molar-refractivity contribution is 5.85. The summed E-state index contributed by atoms with van der Waals surface area (Å²) in [6.45, 7) is 5.75. The summed E-state index contributed by atoms with van der Waals surface area (Å²) in [4.78, 5) is 23.4. The summed E-state index contributed by atoms with van der Waals surface area (Å²) < 4.78 is 0. The van der Waals surface area contributed by atoms with Crippen LogP contribution in [0.5, 0.6) is 0 Å². The maximum atomic E-state index is 11.7. The van der Waals surface area contributed by atoms with Crippen LogP contribution < -0.4 is 0 Å². The normalized spacial score (nSPS) is 11.3. The summed E-state index contributed by atoms with van der Waals surface area (Å²) in [5.41, 5.74) is 0.757. The number of ketones is 2. The molecule has 1 aromatic carbocycles. The molecule has 0 heterocycles. The van der Waals surface area contributed by atoms with E-state index in [1.54, 1.807) is 0 Å². The molecule has 0 aliphatic heterocycles. The van der Waals surface area contributed by atoms with Gasteiger partial charge >= 0.3 is 0 Å². The lowest BCUT2D eigenvalue weighted by molar-refractivity contribution is -0.126. The van der Waals surface area contributed by atoms with Crippen molar-refractivity contribution in [2.45, 2.75) is 46.5 Å². The Balaban J connectivity index is 2.28. The molecule has 0 amide bonds. The topological polar surface area (TPSA) is 34.1 Å². The average Bonchev–Trinajstić information content (AvgIpc) is 2.28. The molecule has 2 heteroatoms. The number of Topliss-reactive ketones (excluding diaryl/α,β-unsaturated/α-hetero) is 2. The van der Waals surface area contributed by atoms with Crippen LogP contribution in [0.2, 0.25) is 0 Å². The molecule has 0 N–H and O–H groups in total. The van der Waals surface area contributed by atoms with Gasteiger partial charge in [0.2, 0.25) is 0 Å². The fourth-order valence-electron chi connectivity index (χ4n) is 1.73. The van der Waals surface area contributed by atoms with E-state index in [0.29, 0.717) is 25.7 Å². The molecular formula is C16H22O2. The van der Waals surface area contributed by atoms with Gasteiger partial charge in [0.15, 0.2) is 0 Å². The van der Waals surface area contributed by atoms with Crippen LogP contribution in [-0.2, 0) is 16.0 Å². The fourth-order valence-corrected chi connectivity index (χ4v) is 1.73. The zero-order valence-electron chi connectivity index (χ0n) is 11.5. The Morgan fingerprint density at radius 3 is 2.17 bits per heavy atom. The molecule has 0 unspecified atom stereocenters. The van der Waals surface area contributed by atoms with E-state index in [0.717, 1.165) is 5.56 Å². The van der Waals surface area contributed by atoms with E-state index < -0.39 is 0 Å². The number of carbonyl (C=O) groups is 2. The van der Waals surface area contributed by atoms with Crippen molar-refractivity contribution >= 4 is 11.6 Å². The minimum atomic E-state index is -0.289. The van der Waals surface area contributed by atoms with Crippen molar-refractivity contribution in [2.24, 2.45) is 5.41 Å². The van der Waals surface area contributed by atoms with Crippen LogP contribution in [0.4, 0.5) is 0 Å². The van der Waals surface area contributed by atoms with E-state index in [9.17, 15) is 9.59 Å². The Morgan fingerprint density at radius 1 is 1.00 bits per heavy atom. The first kappa shape index (κ1) is 14.6. The first-order valence-electron chi connectivity index (χ1n) is 6.48. The van der Waals surface area contributed by atoms with Crippen LogP contribution in [0, 0.1) is 5.41 Å². The lowest BCUT2D eigenvalue weighted by Crippen LogP contribution is -2.20. The summed E-state index contributed by atoms with van der Waals surface area (Å²) in [7, 11) is 0. The van der Waals surface area contributed by atoms with Crippen molar-refractivity contribution in [1.29, 1.82) is 0 Å². The van der Waals surface area contributed by atoms with Crippen molar-refractivity contribution in [3.05, 3.63) is 35.9 Å². The van der Waals surface area contributed by atoms with Crippen molar-refractivity contribution in [3.63, 3.8) is 0 Å². The predicted molar refractivity (Wildman–Crippen MR) is 73.5 cm³/mol. The summed E-state index contributed by atoms with van der Waals surface area (Å²) in [6.07, 6.45) is 2.15. The highest BCUT2D eigenvalue weighted by atomic mass is 16.1. The first-order valence-corrected chi connectivity index (χ1v) is 6.48. The van der Waals surface area contributed by atoms with Crippen molar-refractivity contribution in [1.82, 2.24) is 0 Å². The molecule has 2 nitrogen and oxygen atoms in total. The molecule has 0 atom stereocenters. The molecule has 0 radical (unpaired) electrons. The average molecular weight is 246 g/mol. The molecule has 0 spiro atoms. The van der Waals surface area contributed by atoms with Crippen LogP contribution in [-0.4, -0.2) is 11.6 Å². The molecule has 0 aliphatic rings. The fraction of sp³-hybridized carbons (Fsp3) is 0.500. The number of rotatable bonds is 6. The van der Waals surface area contributed by atoms with Gasteiger partial charge in [-0.2, -0.15) is 0 Å². The number of benzene rings is 1. The molecule has 1 rings (SSSR count). The van der Waals surface area contributed by atoms with E-state index in [2.05, 4.69) is 0 Å². The molecule has 0 aliphatic carbocycles. The SMILES string of the molecule is CC(C)(C)C(=O)CCCC(=O)Cc1ccccc1. The third-order valence-corrected chi connectivity index (χ3v) is 2.94. The van der Waals surface area contributed by atoms with Gasteiger partial charge in [0.25, 0.3) is 0 Å². The van der Waals surface area contributed by atoms with Gasteiger partial charge in [0.1, 0.15) is 11.6 Å². The lowest BCUT2D eigenvalue weighted by Gasteiger charge is -2.15. The minimum absolute atomic E-state index is 0.211. The molecule has 0 saturated carbocycles. The summed E-state index contributed by atoms with van der Waals surface area (Å²) >= 11 is 0. The molecular weight excluding hydrogens is 224 g/mol. The van der Waals surface area contributed by atoms with Gasteiger partial charge in [-0.15, -0.1) is 0 Å². The summed E-state index contributed by atoms with van der Waals surface area (Å²) in [6, 6.07) is 9.73. The Kier molecular flexibility index (Phi) is 5.26. The third kappa shape index (κ3) is 5.26. The molecule has 0 bridgehead atoms. The zero-order valence-corrected chi connectivity index (χ0v) is 11.5. The van der Waals surface area contributed by atoms with Gasteiger partial charge in [0.05, 0.1) is 0 Å². The van der Waals surface area contributed by atoms with Crippen LogP contribution in [0.1, 0.15) is 45.6 Å². The Bertz CT molecular complexity index is 399. The molecule has 1 aromatic rings. The van der Waals surface area contributed by atoms with Gasteiger partial charge in [-0.1, -0.05) is 51.1 Å². The smallest absolute Gasteiger partial charge is 0.138 e. The lowest BCUT2D eigenvalue weighted by atomic mass is 9.87. The van der Waals surface area contributed by atoms with Gasteiger partial charge in [-0.25, -0.2) is 0 Å². The number of hydrogen-bond acceptors (Lipinski definition) is 2. The van der Waals surface area contributed by atoms with Gasteiger partial charge in [-0.05, 0) is 12.0 Å². The van der Waals surface area contributed by atoms with E-state index in [1.807, 2.05) is 51.1 Å². The second kappa shape index (κ2) is 6.48. The summed E-state index contributed by atoms with van der Waals surface area (Å²) in [5, 5.41) is 0. The minimum Gasteiger partial charge on any atom is -0.299 e. The van der Waals surface area contributed by atoms with Crippen LogP contribution in [0.15, 0.2) is 30.3 Å². The largest absolute Gasteiger partial charge is 0.299 e. The second-order valence-electron chi connectivity index (χ2n) is 5.73. The first-order chi connectivity index (χ1) is 8.39. The van der Waals surface area contributed by atoms with E-state index in [4.69, 9.17) is 0 Å². The summed E-state index contributed by atoms with van der Waals surface area (Å²) in [5.74, 6) is 0.443. The zero-order chi connectivity index (χ0) is 13.6. The standard InChI is InChI=1S/C16H22O2/c1-16(2,3)15(18)11-7-10-14(17)12-13-8-5-4-6-9-13/h4-6,8-9H,7,10-12H2,1-3H3. The monoisotopic (exact) mass is 246 g/mol. The van der Waals surface area contributed by atoms with Crippen molar-refractivity contribution < 1.29 is 9.59 Å². The number of carbonyl (C=O) groups excluding carboxylic acids is 2. The second-order valence-corrected chi connectivity index (χ2v) is 5.73. The Morgan fingerprint density at radius 2 is 1.61 bits per heavy atom. The molecule has 98 valence electrons. The maximum Gasteiger partial charge on any atom is 0.138 e. The van der Waals surface area contributed by atoms with Gasteiger partial charge in [-0.3, -0.25) is 9.59 Å². The Hall–Kier alpha value is -1.44. The highest BCUT2D eigenvalue weighted by Crippen LogP contribution is 2.18. The molecule has 0 aromatic heterocycles. The van der Waals surface area contributed by atoms with Crippen LogP contribution in [0.3, 0.4) is 0 Å². The van der Waals surface area contributed by atoms with Gasteiger partial charge < -0.3 is 0 Å².